The molecule has 0 bridgehead atoms. The normalized spacial score (nSPS) is 16.2. The zero-order chi connectivity index (χ0) is 15.9. The topological polar surface area (TPSA) is 52.6 Å². The van der Waals surface area contributed by atoms with Crippen LogP contribution in [0.2, 0.25) is 0 Å². The number of carbonyl (C=O) groups is 1. The number of hydrogen-bond acceptors (Lipinski definition) is 4. The minimum atomic E-state index is -1.94. The maximum Gasteiger partial charge on any atom is 0.420 e. The number of carbonyl (C=O) groups excluding carboxylic acids is 1. The summed E-state index contributed by atoms with van der Waals surface area (Å²) in [5, 5.41) is 0. The molecule has 1 unspecified atom stereocenters. The predicted octanol–water partition coefficient (Wildman–Crippen LogP) is 4.64. The summed E-state index contributed by atoms with van der Waals surface area (Å²) in [5.41, 5.74) is -0.0580. The van der Waals surface area contributed by atoms with Crippen molar-refractivity contribution in [3.05, 3.63) is 23.8 Å². The number of hydrogen-bond donors (Lipinski definition) is 0. The summed E-state index contributed by atoms with van der Waals surface area (Å²) in [4.78, 5) is 12.5. The molecule has 2 rings (SSSR count). The van der Waals surface area contributed by atoms with E-state index in [1.807, 2.05) is 0 Å². The van der Waals surface area contributed by atoms with Gasteiger partial charge in [-0.1, -0.05) is 42.7 Å². The van der Waals surface area contributed by atoms with E-state index in [2.05, 4.69) is 0 Å². The standard InChI is InChI=1S/C17H24O4P/c1-20-14-9-6-10-15(21-2)16(14)17(18)22(19)12-11-13-7-4-3-5-8-13/h6,9-10,13H,3-5,7-8,11-12H2,1-2H3/q+1. The number of rotatable bonds is 7. The third kappa shape index (κ3) is 4.07. The molecule has 22 heavy (non-hydrogen) atoms. The van der Waals surface area contributed by atoms with Crippen LogP contribution in [0.25, 0.3) is 0 Å². The molecule has 0 radical (unpaired) electrons. The van der Waals surface area contributed by atoms with Gasteiger partial charge in [-0.3, -0.25) is 0 Å². The van der Waals surface area contributed by atoms with E-state index in [0.717, 1.165) is 6.42 Å². The molecule has 0 aliphatic heterocycles. The van der Waals surface area contributed by atoms with Gasteiger partial charge in [-0.25, -0.2) is 4.79 Å². The Hall–Kier alpha value is -1.41. The molecular weight excluding hydrogens is 299 g/mol. The number of ether oxygens (including phenoxy) is 2. The highest BCUT2D eigenvalue weighted by atomic mass is 31.1. The molecule has 1 aliphatic rings. The predicted molar refractivity (Wildman–Crippen MR) is 87.5 cm³/mol. The van der Waals surface area contributed by atoms with Gasteiger partial charge >= 0.3 is 13.3 Å². The lowest BCUT2D eigenvalue weighted by atomic mass is 9.88. The maximum absolute atomic E-state index is 12.5. The van der Waals surface area contributed by atoms with E-state index in [1.165, 1.54) is 46.3 Å². The average molecular weight is 323 g/mol. The van der Waals surface area contributed by atoms with Crippen LogP contribution in [0.3, 0.4) is 0 Å². The van der Waals surface area contributed by atoms with E-state index < -0.39 is 7.80 Å². The zero-order valence-corrected chi connectivity index (χ0v) is 14.2. The third-order valence-electron chi connectivity index (χ3n) is 4.33. The molecule has 1 fully saturated rings. The van der Waals surface area contributed by atoms with Crippen LogP contribution < -0.4 is 9.47 Å². The molecule has 1 aliphatic carbocycles. The Morgan fingerprint density at radius 2 is 1.73 bits per heavy atom. The first-order chi connectivity index (χ1) is 10.7. The van der Waals surface area contributed by atoms with E-state index in [0.29, 0.717) is 29.1 Å². The molecule has 4 nitrogen and oxygen atoms in total. The van der Waals surface area contributed by atoms with Crippen molar-refractivity contribution in [3.63, 3.8) is 0 Å². The second-order valence-corrected chi connectivity index (χ2v) is 7.35. The molecule has 0 saturated heterocycles. The van der Waals surface area contributed by atoms with Crippen molar-refractivity contribution in [1.82, 2.24) is 0 Å². The fourth-order valence-corrected chi connectivity index (χ4v) is 4.34. The van der Waals surface area contributed by atoms with Gasteiger partial charge in [-0.05, 0) is 24.5 Å². The Bertz CT molecular complexity index is 513. The van der Waals surface area contributed by atoms with Crippen molar-refractivity contribution in [2.24, 2.45) is 5.92 Å². The molecule has 0 heterocycles. The van der Waals surface area contributed by atoms with Crippen molar-refractivity contribution in [2.75, 3.05) is 20.4 Å². The molecular formula is C17H24O4P+. The van der Waals surface area contributed by atoms with Crippen molar-refractivity contribution >= 4 is 13.3 Å². The monoisotopic (exact) mass is 323 g/mol. The Kier molecular flexibility index (Phi) is 6.38. The van der Waals surface area contributed by atoms with Crippen LogP contribution in [-0.4, -0.2) is 25.9 Å². The molecule has 1 saturated carbocycles. The first-order valence-electron chi connectivity index (χ1n) is 7.87. The largest absolute Gasteiger partial charge is 0.496 e. The van der Waals surface area contributed by atoms with Gasteiger partial charge in [-0.2, -0.15) is 0 Å². The van der Waals surface area contributed by atoms with Crippen molar-refractivity contribution < 1.29 is 18.8 Å². The van der Waals surface area contributed by atoms with Crippen LogP contribution in [0.5, 0.6) is 11.5 Å². The average Bonchev–Trinajstić information content (AvgIpc) is 2.59. The van der Waals surface area contributed by atoms with Crippen LogP contribution in [-0.2, 0) is 4.57 Å². The summed E-state index contributed by atoms with van der Waals surface area (Å²) in [5.74, 6) is 1.47. The second kappa shape index (κ2) is 8.28. The highest BCUT2D eigenvalue weighted by molar-refractivity contribution is 7.64. The molecule has 0 spiro atoms. The smallest absolute Gasteiger partial charge is 0.420 e. The highest BCUT2D eigenvalue weighted by Gasteiger charge is 2.35. The van der Waals surface area contributed by atoms with Gasteiger partial charge in [0.05, 0.1) is 14.2 Å². The third-order valence-corrected chi connectivity index (χ3v) is 5.67. The summed E-state index contributed by atoms with van der Waals surface area (Å²) < 4.78 is 22.9. The summed E-state index contributed by atoms with van der Waals surface area (Å²) >= 11 is 0. The lowest BCUT2D eigenvalue weighted by Gasteiger charge is -2.19. The molecule has 120 valence electrons. The Balaban J connectivity index is 2.05. The fourth-order valence-electron chi connectivity index (χ4n) is 3.06. The SMILES string of the molecule is COc1cccc(OC)c1C(=O)[P+](=O)CCC1CCCCC1. The lowest BCUT2D eigenvalue weighted by molar-refractivity contribution is 0.107. The second-order valence-electron chi connectivity index (χ2n) is 5.74. The minimum absolute atomic E-state index is 0.303. The van der Waals surface area contributed by atoms with Crippen LogP contribution >= 0.6 is 7.80 Å². The van der Waals surface area contributed by atoms with Crippen molar-refractivity contribution in [3.8, 4) is 11.5 Å². The first-order valence-corrected chi connectivity index (χ1v) is 9.31. The van der Waals surface area contributed by atoms with Gasteiger partial charge in [0.15, 0.2) is 11.7 Å². The molecule has 1 atom stereocenters. The highest BCUT2D eigenvalue weighted by Crippen LogP contribution is 2.39. The van der Waals surface area contributed by atoms with Gasteiger partial charge in [0.1, 0.15) is 11.5 Å². The Morgan fingerprint density at radius 1 is 1.14 bits per heavy atom. The molecule has 0 N–H and O–H groups in total. The van der Waals surface area contributed by atoms with E-state index >= 15 is 0 Å². The first kappa shape index (κ1) is 17.0. The molecule has 5 heteroatoms. The maximum atomic E-state index is 12.5. The zero-order valence-electron chi connectivity index (χ0n) is 13.3. The number of benzene rings is 1. The minimum Gasteiger partial charge on any atom is -0.496 e. The van der Waals surface area contributed by atoms with Crippen molar-refractivity contribution in [1.29, 1.82) is 0 Å². The summed E-state index contributed by atoms with van der Waals surface area (Å²) in [6.07, 6.45) is 7.56. The van der Waals surface area contributed by atoms with Crippen LogP contribution in [0, 0.1) is 5.92 Å². The Labute approximate surface area is 133 Å². The summed E-state index contributed by atoms with van der Waals surface area (Å²) in [6.45, 7) is 0. The molecule has 0 aromatic heterocycles. The molecule has 1 aromatic carbocycles. The van der Waals surface area contributed by atoms with Crippen LogP contribution in [0.15, 0.2) is 18.2 Å². The van der Waals surface area contributed by atoms with Gasteiger partial charge in [0.25, 0.3) is 0 Å². The van der Waals surface area contributed by atoms with Crippen LogP contribution in [0.4, 0.5) is 0 Å². The van der Waals surface area contributed by atoms with Crippen LogP contribution in [0.1, 0.15) is 48.9 Å². The Morgan fingerprint density at radius 3 is 2.27 bits per heavy atom. The van der Waals surface area contributed by atoms with E-state index in [-0.39, 0.29) is 5.52 Å². The van der Waals surface area contributed by atoms with Gasteiger partial charge < -0.3 is 9.47 Å². The summed E-state index contributed by atoms with van der Waals surface area (Å²) in [6, 6.07) is 5.14. The quantitative estimate of drug-likeness (QED) is 0.686. The summed E-state index contributed by atoms with van der Waals surface area (Å²) in [7, 11) is 1.07. The van der Waals surface area contributed by atoms with E-state index in [9.17, 15) is 9.36 Å². The van der Waals surface area contributed by atoms with Gasteiger partial charge in [-0.15, -0.1) is 0 Å². The van der Waals surface area contributed by atoms with E-state index in [1.54, 1.807) is 18.2 Å². The van der Waals surface area contributed by atoms with Crippen molar-refractivity contribution in [2.45, 2.75) is 38.5 Å². The van der Waals surface area contributed by atoms with Gasteiger partial charge in [0, 0.05) is 0 Å². The van der Waals surface area contributed by atoms with Gasteiger partial charge in [0.2, 0.25) is 0 Å². The number of methoxy groups -OCH3 is 2. The fraction of sp³-hybridized carbons (Fsp3) is 0.588. The molecule has 1 aromatic rings. The van der Waals surface area contributed by atoms with E-state index in [4.69, 9.17) is 9.47 Å². The lowest BCUT2D eigenvalue weighted by Crippen LogP contribution is -2.08. The molecule has 0 amide bonds.